The van der Waals surface area contributed by atoms with Crippen LogP contribution >= 0.6 is 11.6 Å². The summed E-state index contributed by atoms with van der Waals surface area (Å²) < 4.78 is 2.29. The van der Waals surface area contributed by atoms with Crippen molar-refractivity contribution in [3.63, 3.8) is 0 Å². The van der Waals surface area contributed by atoms with Gasteiger partial charge in [-0.1, -0.05) is 72.3 Å². The van der Waals surface area contributed by atoms with Crippen molar-refractivity contribution < 1.29 is 0 Å². The molecule has 3 aromatic carbocycles. The second-order valence-corrected chi connectivity index (χ2v) is 7.08. The quantitative estimate of drug-likeness (QED) is 0.487. The van der Waals surface area contributed by atoms with E-state index >= 15 is 0 Å². The van der Waals surface area contributed by atoms with Gasteiger partial charge in [0.2, 0.25) is 5.95 Å². The lowest BCUT2D eigenvalue weighted by atomic mass is 9.93. The standard InChI is InChI=1S/C22H18ClN3/c23-17-11-5-4-10-16(17)21-14-19(15-8-2-1-3-9-15)25-22-24-18-12-6-7-13-20(18)26(21)22/h1-13,19,21H,14H2,(H,24,25). The summed E-state index contributed by atoms with van der Waals surface area (Å²) in [5.74, 6) is 0.899. The Morgan fingerprint density at radius 1 is 0.885 bits per heavy atom. The van der Waals surface area contributed by atoms with Gasteiger partial charge in [0.1, 0.15) is 0 Å². The Hall–Kier alpha value is -2.78. The van der Waals surface area contributed by atoms with Gasteiger partial charge in [-0.05, 0) is 35.7 Å². The highest BCUT2D eigenvalue weighted by Gasteiger charge is 2.31. The lowest BCUT2D eigenvalue weighted by Gasteiger charge is -2.34. The Kier molecular flexibility index (Phi) is 3.68. The Labute approximate surface area is 157 Å². The summed E-state index contributed by atoms with van der Waals surface area (Å²) in [6.07, 6.45) is 0.918. The number of benzene rings is 3. The van der Waals surface area contributed by atoms with E-state index in [-0.39, 0.29) is 12.1 Å². The largest absolute Gasteiger partial charge is 0.349 e. The number of aromatic nitrogens is 2. The minimum atomic E-state index is 0.137. The van der Waals surface area contributed by atoms with Gasteiger partial charge in [0.05, 0.1) is 23.1 Å². The van der Waals surface area contributed by atoms with Crippen molar-refractivity contribution >= 4 is 28.6 Å². The summed E-state index contributed by atoms with van der Waals surface area (Å²) in [7, 11) is 0. The molecule has 0 bridgehead atoms. The highest BCUT2D eigenvalue weighted by Crippen LogP contribution is 2.42. The van der Waals surface area contributed by atoms with Crippen molar-refractivity contribution in [2.45, 2.75) is 18.5 Å². The molecule has 4 aromatic rings. The summed E-state index contributed by atoms with van der Waals surface area (Å²) in [6.45, 7) is 0. The van der Waals surface area contributed by atoms with E-state index < -0.39 is 0 Å². The predicted octanol–water partition coefficient (Wildman–Crippen LogP) is 5.84. The molecule has 2 heterocycles. The molecule has 128 valence electrons. The second-order valence-electron chi connectivity index (χ2n) is 6.67. The smallest absolute Gasteiger partial charge is 0.204 e. The van der Waals surface area contributed by atoms with Crippen LogP contribution in [0, 0.1) is 0 Å². The predicted molar refractivity (Wildman–Crippen MR) is 107 cm³/mol. The first-order valence-corrected chi connectivity index (χ1v) is 9.22. The number of hydrogen-bond acceptors (Lipinski definition) is 2. The molecule has 2 atom stereocenters. The van der Waals surface area contributed by atoms with Crippen molar-refractivity contribution in [1.82, 2.24) is 9.55 Å². The molecule has 1 N–H and O–H groups in total. The van der Waals surface area contributed by atoms with Crippen LogP contribution in [0.2, 0.25) is 5.02 Å². The highest BCUT2D eigenvalue weighted by molar-refractivity contribution is 6.31. The van der Waals surface area contributed by atoms with E-state index in [9.17, 15) is 0 Å². The number of rotatable bonds is 2. The molecule has 3 nitrogen and oxygen atoms in total. The molecular formula is C22H18ClN3. The van der Waals surface area contributed by atoms with Gasteiger partial charge in [-0.2, -0.15) is 0 Å². The van der Waals surface area contributed by atoms with Gasteiger partial charge in [0.15, 0.2) is 0 Å². The van der Waals surface area contributed by atoms with Crippen LogP contribution in [0.4, 0.5) is 5.95 Å². The summed E-state index contributed by atoms with van der Waals surface area (Å²) in [4.78, 5) is 4.84. The third-order valence-electron chi connectivity index (χ3n) is 5.14. The summed E-state index contributed by atoms with van der Waals surface area (Å²) in [6, 6.07) is 27.3. The summed E-state index contributed by atoms with van der Waals surface area (Å²) in [5.41, 5.74) is 4.54. The Morgan fingerprint density at radius 3 is 2.46 bits per heavy atom. The molecule has 0 amide bonds. The zero-order valence-corrected chi connectivity index (χ0v) is 14.9. The van der Waals surface area contributed by atoms with Gasteiger partial charge < -0.3 is 9.88 Å². The Bertz CT molecular complexity index is 1070. The van der Waals surface area contributed by atoms with Gasteiger partial charge in [-0.25, -0.2) is 4.98 Å². The first kappa shape index (κ1) is 15.5. The first-order chi connectivity index (χ1) is 12.8. The van der Waals surface area contributed by atoms with Crippen LogP contribution in [0.25, 0.3) is 11.0 Å². The van der Waals surface area contributed by atoms with Gasteiger partial charge in [0.25, 0.3) is 0 Å². The fourth-order valence-corrected chi connectivity index (χ4v) is 4.18. The number of halogens is 1. The number of fused-ring (bicyclic) bond motifs is 3. The van der Waals surface area contributed by atoms with E-state index in [2.05, 4.69) is 64.5 Å². The van der Waals surface area contributed by atoms with Crippen molar-refractivity contribution in [2.24, 2.45) is 0 Å². The van der Waals surface area contributed by atoms with E-state index in [0.717, 1.165) is 34.0 Å². The number of anilines is 1. The van der Waals surface area contributed by atoms with Gasteiger partial charge in [-0.15, -0.1) is 0 Å². The lowest BCUT2D eigenvalue weighted by molar-refractivity contribution is 0.477. The van der Waals surface area contributed by atoms with Crippen molar-refractivity contribution in [2.75, 3.05) is 5.32 Å². The minimum Gasteiger partial charge on any atom is -0.349 e. The molecule has 1 aromatic heterocycles. The molecule has 5 rings (SSSR count). The first-order valence-electron chi connectivity index (χ1n) is 8.84. The molecule has 2 unspecified atom stereocenters. The number of imidazole rings is 1. The SMILES string of the molecule is Clc1ccccc1C1CC(c2ccccc2)Nc2nc3ccccc3n21. The molecule has 0 radical (unpaired) electrons. The van der Waals surface area contributed by atoms with E-state index in [1.807, 2.05) is 24.3 Å². The normalized spacial score (nSPS) is 19.1. The van der Waals surface area contributed by atoms with Crippen LogP contribution in [0.3, 0.4) is 0 Å². The summed E-state index contributed by atoms with van der Waals surface area (Å²) >= 11 is 6.58. The maximum Gasteiger partial charge on any atom is 0.204 e. The fourth-order valence-electron chi connectivity index (χ4n) is 3.92. The molecule has 0 fully saturated rings. The van der Waals surface area contributed by atoms with Crippen LogP contribution in [-0.4, -0.2) is 9.55 Å². The zero-order chi connectivity index (χ0) is 17.5. The van der Waals surface area contributed by atoms with Crippen LogP contribution in [0.1, 0.15) is 29.6 Å². The molecule has 4 heteroatoms. The molecule has 1 aliphatic rings. The van der Waals surface area contributed by atoms with Crippen LogP contribution < -0.4 is 5.32 Å². The average molecular weight is 360 g/mol. The monoisotopic (exact) mass is 359 g/mol. The maximum atomic E-state index is 6.58. The number of para-hydroxylation sites is 2. The maximum absolute atomic E-state index is 6.58. The van der Waals surface area contributed by atoms with Gasteiger partial charge in [-0.3, -0.25) is 0 Å². The molecule has 0 aliphatic carbocycles. The van der Waals surface area contributed by atoms with Crippen molar-refractivity contribution in [3.05, 3.63) is 95.0 Å². The third kappa shape index (κ3) is 2.47. The van der Waals surface area contributed by atoms with Crippen LogP contribution in [-0.2, 0) is 0 Å². The fraction of sp³-hybridized carbons (Fsp3) is 0.136. The molecule has 0 saturated carbocycles. The molecular weight excluding hydrogens is 342 g/mol. The number of nitrogens with one attached hydrogen (secondary N) is 1. The number of hydrogen-bond donors (Lipinski definition) is 1. The van der Waals surface area contributed by atoms with E-state index in [4.69, 9.17) is 16.6 Å². The van der Waals surface area contributed by atoms with E-state index in [1.54, 1.807) is 0 Å². The van der Waals surface area contributed by atoms with Crippen molar-refractivity contribution in [1.29, 1.82) is 0 Å². The molecule has 26 heavy (non-hydrogen) atoms. The van der Waals surface area contributed by atoms with Gasteiger partial charge >= 0.3 is 0 Å². The topological polar surface area (TPSA) is 29.9 Å². The van der Waals surface area contributed by atoms with Gasteiger partial charge in [0, 0.05) is 5.02 Å². The summed E-state index contributed by atoms with van der Waals surface area (Å²) in [5, 5.41) is 4.43. The Morgan fingerprint density at radius 2 is 1.62 bits per heavy atom. The van der Waals surface area contributed by atoms with Crippen LogP contribution in [0.15, 0.2) is 78.9 Å². The average Bonchev–Trinajstić information content (AvgIpc) is 3.07. The zero-order valence-electron chi connectivity index (χ0n) is 14.1. The lowest BCUT2D eigenvalue weighted by Crippen LogP contribution is -2.27. The second kappa shape index (κ2) is 6.19. The third-order valence-corrected chi connectivity index (χ3v) is 5.48. The molecule has 0 spiro atoms. The molecule has 0 saturated heterocycles. The Balaban J connectivity index is 1.71. The molecule has 1 aliphatic heterocycles. The van der Waals surface area contributed by atoms with E-state index in [0.29, 0.717) is 0 Å². The number of nitrogens with zero attached hydrogens (tertiary/aromatic N) is 2. The van der Waals surface area contributed by atoms with E-state index in [1.165, 1.54) is 5.56 Å². The van der Waals surface area contributed by atoms with Crippen LogP contribution in [0.5, 0.6) is 0 Å². The minimum absolute atomic E-state index is 0.137. The van der Waals surface area contributed by atoms with Crippen molar-refractivity contribution in [3.8, 4) is 0 Å². The highest BCUT2D eigenvalue weighted by atomic mass is 35.5.